The molecule has 2 aromatic heterocycles. The predicted octanol–water partition coefficient (Wildman–Crippen LogP) is 2.75. The van der Waals surface area contributed by atoms with Crippen LogP contribution in [-0.2, 0) is 19.1 Å². The summed E-state index contributed by atoms with van der Waals surface area (Å²) in [4.78, 5) is 67.8. The first-order valence-electron chi connectivity index (χ1n) is 15.7. The summed E-state index contributed by atoms with van der Waals surface area (Å²) in [5.41, 5.74) is 2.84. The molecule has 2 fully saturated rings. The lowest BCUT2D eigenvalue weighted by molar-refractivity contribution is -0.134. The molecule has 14 heteroatoms. The minimum Gasteiger partial charge on any atom is -0.453 e. The molecule has 0 spiro atoms. The number of rotatable bonds is 6. The monoisotopic (exact) mass is 654 g/mol. The number of hydrogen-bond donors (Lipinski definition) is 4. The maximum atomic E-state index is 12.9. The summed E-state index contributed by atoms with van der Waals surface area (Å²) < 4.78 is 9.21. The molecule has 2 aliphatic rings. The molecule has 2 aliphatic heterocycles. The summed E-state index contributed by atoms with van der Waals surface area (Å²) >= 11 is 0. The highest BCUT2D eigenvalue weighted by atomic mass is 16.5. The van der Waals surface area contributed by atoms with Crippen LogP contribution in [0.25, 0.3) is 0 Å². The molecule has 5 rings (SSSR count). The predicted molar refractivity (Wildman–Crippen MR) is 173 cm³/mol. The number of aromatic amines is 2. The number of alkyl carbamates (subject to hydrolysis) is 2. The van der Waals surface area contributed by atoms with Crippen LogP contribution in [0.1, 0.15) is 85.8 Å². The van der Waals surface area contributed by atoms with E-state index in [1.807, 2.05) is 24.3 Å². The van der Waals surface area contributed by atoms with Crippen molar-refractivity contribution in [2.75, 3.05) is 27.3 Å². The molecule has 1 aromatic carbocycles. The molecule has 0 unspecified atom stereocenters. The Morgan fingerprint density at radius 3 is 1.50 bits per heavy atom. The zero-order chi connectivity index (χ0) is 34.2. The lowest BCUT2D eigenvalue weighted by atomic mass is 10.1. The number of nitrogens with zero attached hydrogens (tertiary/aromatic N) is 4. The largest absolute Gasteiger partial charge is 0.453 e. The van der Waals surface area contributed by atoms with Crippen LogP contribution in [0.3, 0.4) is 0 Å². The molecule has 0 saturated carbocycles. The third kappa shape index (κ3) is 7.96. The second kappa shape index (κ2) is 15.2. The van der Waals surface area contributed by atoms with Crippen LogP contribution in [0, 0.1) is 23.7 Å². The summed E-state index contributed by atoms with van der Waals surface area (Å²) in [6, 6.07) is 5.64. The third-order valence-electron chi connectivity index (χ3n) is 8.24. The van der Waals surface area contributed by atoms with Crippen molar-refractivity contribution in [3.63, 3.8) is 0 Å². The van der Waals surface area contributed by atoms with Crippen molar-refractivity contribution in [3.05, 3.63) is 70.8 Å². The average molecular weight is 655 g/mol. The van der Waals surface area contributed by atoms with Crippen molar-refractivity contribution >= 4 is 24.0 Å². The van der Waals surface area contributed by atoms with Gasteiger partial charge >= 0.3 is 12.2 Å². The fraction of sp³-hybridized carbons (Fsp3) is 0.412. The molecule has 4 heterocycles. The van der Waals surface area contributed by atoms with Crippen LogP contribution < -0.4 is 10.6 Å². The summed E-state index contributed by atoms with van der Waals surface area (Å²) in [6.45, 7) is 4.41. The Bertz CT molecular complexity index is 1650. The first-order valence-corrected chi connectivity index (χ1v) is 15.7. The lowest BCUT2D eigenvalue weighted by Gasteiger charge is -2.26. The topological polar surface area (TPSA) is 175 Å². The van der Waals surface area contributed by atoms with E-state index in [4.69, 9.17) is 0 Å². The fourth-order valence-corrected chi connectivity index (χ4v) is 5.78. The number of methoxy groups -OCH3 is 2. The van der Waals surface area contributed by atoms with E-state index >= 15 is 0 Å². The number of carbonyl (C=O) groups is 4. The Hall–Kier alpha value is -5.76. The molecule has 0 radical (unpaired) electrons. The minimum atomic E-state index is -0.718. The number of benzene rings is 1. The zero-order valence-electron chi connectivity index (χ0n) is 27.3. The van der Waals surface area contributed by atoms with Gasteiger partial charge in [-0.2, -0.15) is 0 Å². The van der Waals surface area contributed by atoms with Gasteiger partial charge in [-0.15, -0.1) is 0 Å². The number of hydrogen-bond acceptors (Lipinski definition) is 8. The average Bonchev–Trinajstić information content (AvgIpc) is 3.92. The number of aromatic nitrogens is 4. The molecule has 0 aliphatic carbocycles. The van der Waals surface area contributed by atoms with Crippen molar-refractivity contribution < 1.29 is 28.7 Å². The molecule has 14 nitrogen and oxygen atoms in total. The first-order chi connectivity index (χ1) is 23.2. The van der Waals surface area contributed by atoms with Gasteiger partial charge in [-0.05, 0) is 75.6 Å². The van der Waals surface area contributed by atoms with Crippen LogP contribution in [0.4, 0.5) is 9.59 Å². The highest BCUT2D eigenvalue weighted by molar-refractivity contribution is 5.86. The van der Waals surface area contributed by atoms with Gasteiger partial charge in [0, 0.05) is 24.2 Å². The summed E-state index contributed by atoms with van der Waals surface area (Å²) in [6.07, 6.45) is 5.17. The number of H-pyrrole nitrogens is 2. The van der Waals surface area contributed by atoms with Crippen LogP contribution >= 0.6 is 0 Å². The van der Waals surface area contributed by atoms with E-state index in [1.54, 1.807) is 36.0 Å². The van der Waals surface area contributed by atoms with Gasteiger partial charge in [0.25, 0.3) is 0 Å². The van der Waals surface area contributed by atoms with Gasteiger partial charge in [-0.1, -0.05) is 11.8 Å². The highest BCUT2D eigenvalue weighted by Crippen LogP contribution is 2.31. The van der Waals surface area contributed by atoms with E-state index in [-0.39, 0.29) is 23.9 Å². The standard InChI is InChI=1S/C34H38N8O6/c1-21(37-33(45)47-3)31(43)41-17-5-7-27(41)29-35-19-25(39-29)15-13-23-9-11-24(12-10-23)14-16-26-20-36-30(40-26)28-8-6-18-42(28)32(44)22(2)38-34(46)48-4/h9-12,19-22,27-28H,5-8,17-18H2,1-4H3,(H,35,39)(H,36,40)(H,37,45)(H,38,46)/t21-,22-,27-,28-/m0/s1. The van der Waals surface area contributed by atoms with Crippen molar-refractivity contribution in [1.29, 1.82) is 0 Å². The van der Waals surface area contributed by atoms with Crippen molar-refractivity contribution in [3.8, 4) is 23.7 Å². The molecule has 3 aromatic rings. The molecule has 250 valence electrons. The van der Waals surface area contributed by atoms with Crippen LogP contribution in [0.5, 0.6) is 0 Å². The van der Waals surface area contributed by atoms with E-state index in [1.165, 1.54) is 14.2 Å². The fourth-order valence-electron chi connectivity index (χ4n) is 5.78. The van der Waals surface area contributed by atoms with Gasteiger partial charge in [0.05, 0.1) is 38.7 Å². The maximum Gasteiger partial charge on any atom is 0.407 e. The van der Waals surface area contributed by atoms with Crippen molar-refractivity contribution in [2.24, 2.45) is 0 Å². The Morgan fingerprint density at radius 1 is 0.729 bits per heavy atom. The van der Waals surface area contributed by atoms with Crippen LogP contribution in [-0.4, -0.2) is 93.1 Å². The third-order valence-corrected chi connectivity index (χ3v) is 8.24. The number of ether oxygens (including phenoxy) is 2. The first kappa shape index (κ1) is 33.6. The Kier molecular flexibility index (Phi) is 10.7. The van der Waals surface area contributed by atoms with Gasteiger partial charge in [0.15, 0.2) is 0 Å². The van der Waals surface area contributed by atoms with Gasteiger partial charge in [0.1, 0.15) is 35.1 Å². The maximum absolute atomic E-state index is 12.9. The lowest BCUT2D eigenvalue weighted by Crippen LogP contribution is -2.46. The zero-order valence-corrected chi connectivity index (χ0v) is 27.3. The molecule has 0 bridgehead atoms. The molecule has 4 atom stereocenters. The number of carbonyl (C=O) groups excluding carboxylic acids is 4. The number of amides is 4. The van der Waals surface area contributed by atoms with E-state index < -0.39 is 24.3 Å². The molecule has 4 amide bonds. The van der Waals surface area contributed by atoms with Crippen LogP contribution in [0.15, 0.2) is 36.7 Å². The number of nitrogens with one attached hydrogen (secondary N) is 4. The SMILES string of the molecule is COC(=O)N[C@@H](C)C(=O)N1CCC[C@H]1c1ncc(C#Cc2ccc(C#Cc3cnc([C@@H]4CCCN4C(=O)[C@H](C)NC(=O)OC)[nH]3)cc2)[nH]1. The summed E-state index contributed by atoms with van der Waals surface area (Å²) in [5, 5.41) is 5.05. The molecular formula is C34H38N8O6. The number of likely N-dealkylation sites (tertiary alicyclic amines) is 2. The Morgan fingerprint density at radius 2 is 1.12 bits per heavy atom. The summed E-state index contributed by atoms with van der Waals surface area (Å²) in [5.74, 6) is 13.3. The Labute approximate surface area is 278 Å². The summed E-state index contributed by atoms with van der Waals surface area (Å²) in [7, 11) is 2.51. The van der Waals surface area contributed by atoms with E-state index in [9.17, 15) is 19.2 Å². The second-order valence-electron chi connectivity index (χ2n) is 11.5. The van der Waals surface area contributed by atoms with Crippen molar-refractivity contribution in [2.45, 2.75) is 63.7 Å². The van der Waals surface area contributed by atoms with Gasteiger partial charge in [0.2, 0.25) is 11.8 Å². The normalized spacial score (nSPS) is 18.1. The van der Waals surface area contributed by atoms with E-state index in [0.717, 1.165) is 36.8 Å². The van der Waals surface area contributed by atoms with Gasteiger partial charge < -0.3 is 39.9 Å². The van der Waals surface area contributed by atoms with Gasteiger partial charge in [-0.3, -0.25) is 9.59 Å². The van der Waals surface area contributed by atoms with Crippen LogP contribution in [0.2, 0.25) is 0 Å². The minimum absolute atomic E-state index is 0.198. The highest BCUT2D eigenvalue weighted by Gasteiger charge is 2.36. The van der Waals surface area contributed by atoms with Gasteiger partial charge in [-0.25, -0.2) is 19.6 Å². The number of imidazole rings is 2. The molecule has 48 heavy (non-hydrogen) atoms. The van der Waals surface area contributed by atoms with E-state index in [0.29, 0.717) is 36.1 Å². The molecular weight excluding hydrogens is 616 g/mol. The second-order valence-corrected chi connectivity index (χ2v) is 11.5. The Balaban J connectivity index is 1.18. The van der Waals surface area contributed by atoms with E-state index in [2.05, 4.69) is 63.7 Å². The van der Waals surface area contributed by atoms with Crippen molar-refractivity contribution in [1.82, 2.24) is 40.4 Å². The molecule has 2 saturated heterocycles. The smallest absolute Gasteiger partial charge is 0.407 e. The quantitative estimate of drug-likeness (QED) is 0.294. The molecule has 4 N–H and O–H groups in total.